The van der Waals surface area contributed by atoms with Gasteiger partial charge in [0.05, 0.1) is 12.2 Å². The lowest BCUT2D eigenvalue weighted by Gasteiger charge is -2.32. The molecule has 2 aliphatic heterocycles. The molecule has 0 radical (unpaired) electrons. The summed E-state index contributed by atoms with van der Waals surface area (Å²) in [7, 11) is 0. The Hall–Kier alpha value is -1.16. The third-order valence-corrected chi connectivity index (χ3v) is 3.16. The van der Waals surface area contributed by atoms with Crippen molar-refractivity contribution in [1.29, 1.82) is 0 Å². The molecule has 4 heteroatoms. The van der Waals surface area contributed by atoms with E-state index in [0.717, 1.165) is 24.6 Å². The van der Waals surface area contributed by atoms with E-state index >= 15 is 0 Å². The average Bonchev–Trinajstić information content (AvgIpc) is 2.71. The molecule has 4 nitrogen and oxygen atoms in total. The van der Waals surface area contributed by atoms with Gasteiger partial charge in [-0.05, 0) is 19.8 Å². The average molecular weight is 235 g/mol. The molecule has 0 spiro atoms. The molecule has 2 unspecified atom stereocenters. The van der Waals surface area contributed by atoms with Crippen LogP contribution in [0.3, 0.4) is 0 Å². The van der Waals surface area contributed by atoms with Crippen molar-refractivity contribution >= 4 is 5.82 Å². The van der Waals surface area contributed by atoms with Gasteiger partial charge in [0.1, 0.15) is 12.1 Å². The van der Waals surface area contributed by atoms with Crippen molar-refractivity contribution in [1.82, 2.24) is 9.97 Å². The fraction of sp³-hybridized carbons (Fsp3) is 0.692. The molecule has 0 amide bonds. The number of aromatic nitrogens is 2. The van der Waals surface area contributed by atoms with Crippen molar-refractivity contribution in [2.75, 3.05) is 18.0 Å². The Morgan fingerprint density at radius 1 is 1.18 bits per heavy atom. The largest absolute Gasteiger partial charge is 0.371 e. The second-order valence-electron chi connectivity index (χ2n) is 4.38. The summed E-state index contributed by atoms with van der Waals surface area (Å²) in [6.07, 6.45) is 4.87. The van der Waals surface area contributed by atoms with E-state index < -0.39 is 0 Å². The maximum absolute atomic E-state index is 5.79. The van der Waals surface area contributed by atoms with Crippen LogP contribution < -0.4 is 4.90 Å². The number of ether oxygens (including phenoxy) is 1. The lowest BCUT2D eigenvalue weighted by atomic mass is 10.2. The number of anilines is 1. The van der Waals surface area contributed by atoms with Gasteiger partial charge in [-0.1, -0.05) is 13.8 Å². The molecule has 1 aromatic rings. The van der Waals surface area contributed by atoms with Gasteiger partial charge in [0.2, 0.25) is 0 Å². The first kappa shape index (κ1) is 12.3. The van der Waals surface area contributed by atoms with E-state index in [1.807, 2.05) is 26.8 Å². The van der Waals surface area contributed by atoms with E-state index in [2.05, 4.69) is 14.9 Å². The molecule has 1 aromatic heterocycles. The van der Waals surface area contributed by atoms with Crippen molar-refractivity contribution in [2.24, 2.45) is 0 Å². The summed E-state index contributed by atoms with van der Waals surface area (Å²) in [5.74, 6) is 1.04. The van der Waals surface area contributed by atoms with Gasteiger partial charge < -0.3 is 9.64 Å². The van der Waals surface area contributed by atoms with E-state index in [4.69, 9.17) is 4.74 Å². The Labute approximate surface area is 103 Å². The van der Waals surface area contributed by atoms with Gasteiger partial charge in [0.25, 0.3) is 0 Å². The summed E-state index contributed by atoms with van der Waals surface area (Å²) >= 11 is 0. The number of fused-ring (bicyclic) bond motifs is 2. The highest BCUT2D eigenvalue weighted by molar-refractivity contribution is 5.39. The first-order valence-corrected chi connectivity index (χ1v) is 6.50. The van der Waals surface area contributed by atoms with Gasteiger partial charge in [-0.2, -0.15) is 0 Å². The number of nitrogens with zero attached hydrogens (tertiary/aromatic N) is 3. The highest BCUT2D eigenvalue weighted by atomic mass is 16.5. The molecular weight excluding hydrogens is 214 g/mol. The van der Waals surface area contributed by atoms with Crippen LogP contribution in [0.4, 0.5) is 5.82 Å². The molecule has 2 bridgehead atoms. The standard InChI is InChI=1S/C11H15N3O.C2H6/c1-8-4-11(13-7-12-8)14-5-9-2-3-10(6-14)15-9;1-2/h4,7,9-10H,2-3,5-6H2,1H3;1-2H3. The third-order valence-electron chi connectivity index (χ3n) is 3.16. The minimum atomic E-state index is 0.416. The number of rotatable bonds is 1. The van der Waals surface area contributed by atoms with Gasteiger partial charge in [0.15, 0.2) is 0 Å². The lowest BCUT2D eigenvalue weighted by molar-refractivity contribution is 0.0302. The van der Waals surface area contributed by atoms with Crippen LogP contribution in [-0.2, 0) is 4.74 Å². The van der Waals surface area contributed by atoms with Crippen LogP contribution in [0, 0.1) is 6.92 Å². The second kappa shape index (κ2) is 5.45. The normalized spacial score (nSPS) is 26.4. The molecule has 17 heavy (non-hydrogen) atoms. The molecule has 2 aliphatic rings. The predicted molar refractivity (Wildman–Crippen MR) is 68.2 cm³/mol. The van der Waals surface area contributed by atoms with E-state index in [0.29, 0.717) is 12.2 Å². The Bertz CT molecular complexity index is 357. The van der Waals surface area contributed by atoms with Crippen molar-refractivity contribution in [3.05, 3.63) is 18.1 Å². The quantitative estimate of drug-likeness (QED) is 0.748. The molecule has 0 aliphatic carbocycles. The van der Waals surface area contributed by atoms with E-state index in [9.17, 15) is 0 Å². The molecule has 0 saturated carbocycles. The summed E-state index contributed by atoms with van der Waals surface area (Å²) in [6, 6.07) is 2.05. The van der Waals surface area contributed by atoms with Crippen LogP contribution in [0.25, 0.3) is 0 Å². The van der Waals surface area contributed by atoms with Crippen LogP contribution in [0.1, 0.15) is 32.4 Å². The predicted octanol–water partition coefficient (Wildman–Crippen LogP) is 2.18. The minimum Gasteiger partial charge on any atom is -0.371 e. The fourth-order valence-electron chi connectivity index (χ4n) is 2.42. The van der Waals surface area contributed by atoms with Crippen molar-refractivity contribution in [2.45, 2.75) is 45.8 Å². The van der Waals surface area contributed by atoms with Crippen LogP contribution >= 0.6 is 0 Å². The van der Waals surface area contributed by atoms with Crippen molar-refractivity contribution in [3.8, 4) is 0 Å². The second-order valence-corrected chi connectivity index (χ2v) is 4.38. The fourth-order valence-corrected chi connectivity index (χ4v) is 2.42. The highest BCUT2D eigenvalue weighted by Crippen LogP contribution is 2.28. The van der Waals surface area contributed by atoms with Gasteiger partial charge in [0, 0.05) is 24.8 Å². The summed E-state index contributed by atoms with van der Waals surface area (Å²) in [5.41, 5.74) is 1.03. The number of hydrogen-bond acceptors (Lipinski definition) is 4. The molecule has 3 rings (SSSR count). The molecule has 2 saturated heterocycles. The molecule has 3 heterocycles. The summed E-state index contributed by atoms with van der Waals surface area (Å²) in [6.45, 7) is 7.96. The number of aryl methyl sites for hydroxylation is 1. The Morgan fingerprint density at radius 3 is 2.41 bits per heavy atom. The first-order valence-electron chi connectivity index (χ1n) is 6.50. The molecule has 94 valence electrons. The maximum Gasteiger partial charge on any atom is 0.132 e. The Kier molecular flexibility index (Phi) is 3.94. The van der Waals surface area contributed by atoms with Gasteiger partial charge in [-0.3, -0.25) is 0 Å². The zero-order valence-electron chi connectivity index (χ0n) is 10.9. The number of morpholine rings is 1. The monoisotopic (exact) mass is 235 g/mol. The van der Waals surface area contributed by atoms with Crippen molar-refractivity contribution in [3.63, 3.8) is 0 Å². The smallest absolute Gasteiger partial charge is 0.132 e. The molecule has 2 fully saturated rings. The molecule has 2 atom stereocenters. The zero-order valence-corrected chi connectivity index (χ0v) is 10.9. The Morgan fingerprint density at radius 2 is 1.82 bits per heavy atom. The third kappa shape index (κ3) is 2.75. The molecule has 0 aromatic carbocycles. The van der Waals surface area contributed by atoms with Gasteiger partial charge in [-0.25, -0.2) is 9.97 Å². The van der Waals surface area contributed by atoms with Crippen LogP contribution in [-0.4, -0.2) is 35.3 Å². The topological polar surface area (TPSA) is 38.2 Å². The van der Waals surface area contributed by atoms with E-state index in [1.54, 1.807) is 6.33 Å². The van der Waals surface area contributed by atoms with Gasteiger partial charge >= 0.3 is 0 Å². The molecular formula is C13H21N3O. The maximum atomic E-state index is 5.79. The lowest BCUT2D eigenvalue weighted by Crippen LogP contribution is -2.43. The minimum absolute atomic E-state index is 0.416. The zero-order chi connectivity index (χ0) is 12.3. The molecule has 0 N–H and O–H groups in total. The highest BCUT2D eigenvalue weighted by Gasteiger charge is 2.34. The SMILES string of the molecule is CC.Cc1cc(N2CC3CCC(C2)O3)ncn1. The van der Waals surface area contributed by atoms with Crippen LogP contribution in [0.2, 0.25) is 0 Å². The van der Waals surface area contributed by atoms with Crippen LogP contribution in [0.5, 0.6) is 0 Å². The number of hydrogen-bond donors (Lipinski definition) is 0. The first-order chi connectivity index (χ1) is 8.31. The Balaban J connectivity index is 0.000000514. The summed E-state index contributed by atoms with van der Waals surface area (Å²) in [5, 5.41) is 0. The summed E-state index contributed by atoms with van der Waals surface area (Å²) in [4.78, 5) is 10.8. The van der Waals surface area contributed by atoms with E-state index in [1.165, 1.54) is 12.8 Å². The van der Waals surface area contributed by atoms with Gasteiger partial charge in [-0.15, -0.1) is 0 Å². The summed E-state index contributed by atoms with van der Waals surface area (Å²) < 4.78 is 5.79. The van der Waals surface area contributed by atoms with E-state index in [-0.39, 0.29) is 0 Å². The van der Waals surface area contributed by atoms with Crippen LogP contribution in [0.15, 0.2) is 12.4 Å². The van der Waals surface area contributed by atoms with Crippen molar-refractivity contribution < 1.29 is 4.74 Å².